The molecule has 1 amide bonds. The van der Waals surface area contributed by atoms with Crippen LogP contribution in [0.15, 0.2) is 58.4 Å². The third-order valence-corrected chi connectivity index (χ3v) is 6.59. The molecule has 2 aromatic heterocycles. The van der Waals surface area contributed by atoms with Crippen molar-refractivity contribution in [2.75, 3.05) is 0 Å². The predicted octanol–water partition coefficient (Wildman–Crippen LogP) is 2.07. The van der Waals surface area contributed by atoms with Gasteiger partial charge in [-0.25, -0.2) is 17.8 Å². The van der Waals surface area contributed by atoms with Crippen LogP contribution in [0.1, 0.15) is 28.9 Å². The van der Waals surface area contributed by atoms with Gasteiger partial charge in [0.05, 0.1) is 11.3 Å². The van der Waals surface area contributed by atoms with Crippen LogP contribution in [0.5, 0.6) is 0 Å². The van der Waals surface area contributed by atoms with Gasteiger partial charge in [0, 0.05) is 23.8 Å². The second-order valence-corrected chi connectivity index (χ2v) is 8.22. The summed E-state index contributed by atoms with van der Waals surface area (Å²) in [4.78, 5) is 11.2. The first-order chi connectivity index (χ1) is 11.9. The van der Waals surface area contributed by atoms with Crippen molar-refractivity contribution < 1.29 is 13.2 Å². The predicted molar refractivity (Wildman–Crippen MR) is 95.1 cm³/mol. The van der Waals surface area contributed by atoms with Gasteiger partial charge in [0.15, 0.2) is 0 Å². The third-order valence-electron chi connectivity index (χ3n) is 3.61. The Bertz CT molecular complexity index is 994. The normalized spacial score (nSPS) is 12.8. The Labute approximate surface area is 149 Å². The summed E-state index contributed by atoms with van der Waals surface area (Å²) < 4.78 is 29.5. The van der Waals surface area contributed by atoms with Gasteiger partial charge in [-0.2, -0.15) is 5.10 Å². The van der Waals surface area contributed by atoms with Gasteiger partial charge >= 0.3 is 0 Å². The van der Waals surface area contributed by atoms with Crippen molar-refractivity contribution in [1.29, 1.82) is 0 Å². The molecule has 0 unspecified atom stereocenters. The highest BCUT2D eigenvalue weighted by Gasteiger charge is 2.23. The molecule has 3 rings (SSSR count). The van der Waals surface area contributed by atoms with Crippen LogP contribution in [0.4, 0.5) is 0 Å². The topological polar surface area (TPSA) is 107 Å². The lowest BCUT2D eigenvalue weighted by molar-refractivity contribution is 0.100. The Morgan fingerprint density at radius 2 is 2.08 bits per heavy atom. The maximum atomic E-state index is 12.6. The number of rotatable bonds is 6. The van der Waals surface area contributed by atoms with Gasteiger partial charge in [0.2, 0.25) is 5.91 Å². The first kappa shape index (κ1) is 17.3. The zero-order valence-corrected chi connectivity index (χ0v) is 14.9. The lowest BCUT2D eigenvalue weighted by Gasteiger charge is -2.17. The highest BCUT2D eigenvalue weighted by Crippen LogP contribution is 2.25. The molecule has 2 heterocycles. The number of sulfonamides is 1. The zero-order valence-electron chi connectivity index (χ0n) is 13.3. The molecule has 7 nitrogen and oxygen atoms in total. The number of nitrogens with zero attached hydrogens (tertiary/aromatic N) is 2. The summed E-state index contributed by atoms with van der Waals surface area (Å²) in [5.41, 5.74) is 6.92. The van der Waals surface area contributed by atoms with E-state index >= 15 is 0 Å². The second-order valence-electron chi connectivity index (χ2n) is 5.37. The van der Waals surface area contributed by atoms with Gasteiger partial charge < -0.3 is 5.73 Å². The van der Waals surface area contributed by atoms with E-state index in [0.29, 0.717) is 0 Å². The molecular formula is C16H16N4O3S2. The highest BCUT2D eigenvalue weighted by molar-refractivity contribution is 7.91. The fourth-order valence-electron chi connectivity index (χ4n) is 2.41. The lowest BCUT2D eigenvalue weighted by atomic mass is 10.1. The Morgan fingerprint density at radius 1 is 1.32 bits per heavy atom. The molecule has 9 heteroatoms. The van der Waals surface area contributed by atoms with Gasteiger partial charge in [-0.1, -0.05) is 18.2 Å². The summed E-state index contributed by atoms with van der Waals surface area (Å²) in [7, 11) is -3.77. The number of hydrogen-bond acceptors (Lipinski definition) is 5. The number of carbonyl (C=O) groups excluding carboxylic acids is 1. The van der Waals surface area contributed by atoms with Crippen LogP contribution in [0.3, 0.4) is 0 Å². The SMILES string of the molecule is C[C@H](NS(=O)(=O)c1cc(C(N)=O)cs1)c1ccccc1-n1cccn1. The number of benzene rings is 1. The molecule has 0 saturated heterocycles. The number of thiophene rings is 1. The number of nitrogens with one attached hydrogen (secondary N) is 1. The molecule has 1 atom stereocenters. The number of aromatic nitrogens is 2. The number of para-hydroxylation sites is 1. The largest absolute Gasteiger partial charge is 0.366 e. The maximum absolute atomic E-state index is 12.6. The number of carbonyl (C=O) groups is 1. The average Bonchev–Trinajstić information content (AvgIpc) is 3.26. The first-order valence-corrected chi connectivity index (χ1v) is 9.74. The van der Waals surface area contributed by atoms with E-state index in [0.717, 1.165) is 22.6 Å². The monoisotopic (exact) mass is 376 g/mol. The van der Waals surface area contributed by atoms with E-state index in [2.05, 4.69) is 9.82 Å². The molecule has 25 heavy (non-hydrogen) atoms. The van der Waals surface area contributed by atoms with Crippen LogP contribution in [0, 0.1) is 0 Å². The van der Waals surface area contributed by atoms with Crippen molar-refractivity contribution in [3.8, 4) is 5.69 Å². The Balaban J connectivity index is 1.89. The Hall–Kier alpha value is -2.49. The van der Waals surface area contributed by atoms with E-state index in [4.69, 9.17) is 5.73 Å². The molecule has 3 N–H and O–H groups in total. The maximum Gasteiger partial charge on any atom is 0.250 e. The first-order valence-electron chi connectivity index (χ1n) is 7.38. The van der Waals surface area contributed by atoms with Crippen molar-refractivity contribution >= 4 is 27.3 Å². The van der Waals surface area contributed by atoms with Crippen LogP contribution >= 0.6 is 11.3 Å². The fraction of sp³-hybridized carbons (Fsp3) is 0.125. The Morgan fingerprint density at radius 3 is 2.72 bits per heavy atom. The average molecular weight is 376 g/mol. The van der Waals surface area contributed by atoms with Gasteiger partial charge in [0.1, 0.15) is 4.21 Å². The van der Waals surface area contributed by atoms with Crippen LogP contribution in [-0.2, 0) is 10.0 Å². The highest BCUT2D eigenvalue weighted by atomic mass is 32.2. The summed E-state index contributed by atoms with van der Waals surface area (Å²) in [5.74, 6) is -0.658. The van der Waals surface area contributed by atoms with E-state index in [1.54, 1.807) is 30.1 Å². The van der Waals surface area contributed by atoms with Crippen molar-refractivity contribution in [3.63, 3.8) is 0 Å². The van der Waals surface area contributed by atoms with Gasteiger partial charge in [-0.3, -0.25) is 4.79 Å². The molecule has 130 valence electrons. The smallest absolute Gasteiger partial charge is 0.250 e. The number of amides is 1. The Kier molecular flexibility index (Phi) is 4.71. The molecule has 0 saturated carbocycles. The molecule has 0 spiro atoms. The molecular weight excluding hydrogens is 360 g/mol. The summed E-state index contributed by atoms with van der Waals surface area (Å²) in [5, 5.41) is 5.63. The van der Waals surface area contributed by atoms with E-state index in [9.17, 15) is 13.2 Å². The quantitative estimate of drug-likeness (QED) is 0.687. The van der Waals surface area contributed by atoms with Gasteiger partial charge in [-0.15, -0.1) is 11.3 Å². The minimum atomic E-state index is -3.77. The standard InChI is InChI=1S/C16H16N4O3S2/c1-11(13-5-2-3-6-14(13)20-8-4-7-18-20)19-25(22,23)15-9-12(10-24-15)16(17)21/h2-11,19H,1H3,(H2,17,21)/t11-/m0/s1. The molecule has 0 aliphatic carbocycles. The molecule has 0 radical (unpaired) electrons. The van der Waals surface area contributed by atoms with E-state index in [-0.39, 0.29) is 9.77 Å². The summed E-state index contributed by atoms with van der Waals surface area (Å²) in [6, 6.07) is 9.98. The summed E-state index contributed by atoms with van der Waals surface area (Å²) in [6.07, 6.45) is 3.45. The summed E-state index contributed by atoms with van der Waals surface area (Å²) >= 11 is 0.955. The third kappa shape index (κ3) is 3.63. The molecule has 0 bridgehead atoms. The number of primary amides is 1. The van der Waals surface area contributed by atoms with Crippen molar-refractivity contribution in [1.82, 2.24) is 14.5 Å². The molecule has 3 aromatic rings. The van der Waals surface area contributed by atoms with Crippen LogP contribution in [0.2, 0.25) is 0 Å². The molecule has 0 fully saturated rings. The van der Waals surface area contributed by atoms with E-state index in [1.165, 1.54) is 11.4 Å². The van der Waals surface area contributed by atoms with Crippen molar-refractivity contribution in [2.24, 2.45) is 5.73 Å². The van der Waals surface area contributed by atoms with E-state index in [1.807, 2.05) is 24.3 Å². The van der Waals surface area contributed by atoms with Crippen LogP contribution in [-0.4, -0.2) is 24.1 Å². The fourth-order valence-corrected chi connectivity index (χ4v) is 4.82. The number of nitrogens with two attached hydrogens (primary N) is 1. The van der Waals surface area contributed by atoms with Crippen LogP contribution in [0.25, 0.3) is 5.69 Å². The minimum Gasteiger partial charge on any atom is -0.366 e. The van der Waals surface area contributed by atoms with Crippen molar-refractivity contribution in [3.05, 3.63) is 65.3 Å². The zero-order chi connectivity index (χ0) is 18.0. The molecule has 0 aliphatic rings. The van der Waals surface area contributed by atoms with Gasteiger partial charge in [-0.05, 0) is 30.7 Å². The van der Waals surface area contributed by atoms with Crippen LogP contribution < -0.4 is 10.5 Å². The van der Waals surface area contributed by atoms with Crippen molar-refractivity contribution in [2.45, 2.75) is 17.2 Å². The van der Waals surface area contributed by atoms with E-state index < -0.39 is 22.0 Å². The second kappa shape index (κ2) is 6.79. The summed E-state index contributed by atoms with van der Waals surface area (Å²) in [6.45, 7) is 1.75. The minimum absolute atomic E-state index is 0.0460. The lowest BCUT2D eigenvalue weighted by Crippen LogP contribution is -2.27. The van der Waals surface area contributed by atoms with Gasteiger partial charge in [0.25, 0.3) is 10.0 Å². The molecule has 1 aromatic carbocycles. The molecule has 0 aliphatic heterocycles. The number of hydrogen-bond donors (Lipinski definition) is 2.